The van der Waals surface area contributed by atoms with Crippen LogP contribution in [0, 0.1) is 5.82 Å². The number of ether oxygens (including phenoxy) is 1. The summed E-state index contributed by atoms with van der Waals surface area (Å²) in [5.74, 6) is -0.0924. The molecule has 1 amide bonds. The Morgan fingerprint density at radius 3 is 2.81 bits per heavy atom. The summed E-state index contributed by atoms with van der Waals surface area (Å²) in [4.78, 5) is 11.9. The lowest BCUT2D eigenvalue weighted by molar-refractivity contribution is 0.0955. The lowest BCUT2D eigenvalue weighted by Crippen LogP contribution is -2.17. The van der Waals surface area contributed by atoms with E-state index in [-0.39, 0.29) is 11.7 Å². The normalized spacial score (nSPS) is 10.6. The summed E-state index contributed by atoms with van der Waals surface area (Å²) in [6.45, 7) is 0. The van der Waals surface area contributed by atoms with Gasteiger partial charge in [-0.15, -0.1) is 0 Å². The van der Waals surface area contributed by atoms with Gasteiger partial charge in [-0.2, -0.15) is 5.10 Å². The molecule has 0 aliphatic rings. The largest absolute Gasteiger partial charge is 0.496 e. The molecule has 0 aliphatic carbocycles. The average Bonchev–Trinajstić information content (AvgIpc) is 2.47. The molecule has 0 spiro atoms. The standard InChI is InChI=1S/C15H12BrFN2O2/c1-21-14-6-5-11(8-13(14)16)15(20)19-18-9-10-3-2-4-12(17)7-10/h2-9H,1H3,(H,19,20). The molecule has 2 aromatic carbocycles. The van der Waals surface area contributed by atoms with Gasteiger partial charge in [0.2, 0.25) is 0 Å². The fourth-order valence-corrected chi connectivity index (χ4v) is 2.17. The van der Waals surface area contributed by atoms with Gasteiger partial charge >= 0.3 is 0 Å². The van der Waals surface area contributed by atoms with Crippen LogP contribution < -0.4 is 10.2 Å². The van der Waals surface area contributed by atoms with Crippen LogP contribution in [0.1, 0.15) is 15.9 Å². The molecule has 0 saturated heterocycles. The second kappa shape index (κ2) is 6.99. The van der Waals surface area contributed by atoms with Crippen molar-refractivity contribution in [2.24, 2.45) is 5.10 Å². The molecular formula is C15H12BrFN2O2. The van der Waals surface area contributed by atoms with E-state index < -0.39 is 0 Å². The number of nitrogens with zero attached hydrogens (tertiary/aromatic N) is 1. The Hall–Kier alpha value is -2.21. The van der Waals surface area contributed by atoms with Crippen LogP contribution in [0.25, 0.3) is 0 Å². The smallest absolute Gasteiger partial charge is 0.271 e. The third kappa shape index (κ3) is 4.13. The first kappa shape index (κ1) is 15.2. The average molecular weight is 351 g/mol. The Morgan fingerprint density at radius 1 is 1.33 bits per heavy atom. The van der Waals surface area contributed by atoms with Crippen molar-refractivity contribution in [3.05, 3.63) is 63.9 Å². The highest BCUT2D eigenvalue weighted by Crippen LogP contribution is 2.25. The zero-order valence-electron chi connectivity index (χ0n) is 11.1. The molecule has 1 N–H and O–H groups in total. The number of halogens is 2. The molecule has 0 unspecified atom stereocenters. The summed E-state index contributed by atoms with van der Waals surface area (Å²) in [6, 6.07) is 10.8. The van der Waals surface area contributed by atoms with Crippen LogP contribution in [-0.2, 0) is 0 Å². The van der Waals surface area contributed by atoms with Gasteiger partial charge < -0.3 is 4.74 Å². The van der Waals surface area contributed by atoms with Crippen molar-refractivity contribution in [3.8, 4) is 5.75 Å². The van der Waals surface area contributed by atoms with Crippen LogP contribution in [0.4, 0.5) is 4.39 Å². The number of nitrogens with one attached hydrogen (secondary N) is 1. The van der Waals surface area contributed by atoms with Crippen molar-refractivity contribution in [3.63, 3.8) is 0 Å². The molecule has 0 heterocycles. The Bertz CT molecular complexity index is 689. The van der Waals surface area contributed by atoms with Gasteiger partial charge in [0.15, 0.2) is 0 Å². The number of benzene rings is 2. The molecule has 0 saturated carbocycles. The predicted octanol–water partition coefficient (Wildman–Crippen LogP) is 3.36. The van der Waals surface area contributed by atoms with Gasteiger partial charge in [0, 0.05) is 5.56 Å². The second-order valence-electron chi connectivity index (χ2n) is 4.10. The summed E-state index contributed by atoms with van der Waals surface area (Å²) < 4.78 is 18.7. The maximum absolute atomic E-state index is 13.0. The molecule has 6 heteroatoms. The van der Waals surface area contributed by atoms with Crippen molar-refractivity contribution in [2.75, 3.05) is 7.11 Å². The Labute approximate surface area is 129 Å². The van der Waals surface area contributed by atoms with E-state index in [4.69, 9.17) is 4.74 Å². The van der Waals surface area contributed by atoms with Gasteiger partial charge in [0.1, 0.15) is 11.6 Å². The number of hydrazone groups is 1. The number of hydrogen-bond donors (Lipinski definition) is 1. The first-order valence-electron chi connectivity index (χ1n) is 6.02. The Balaban J connectivity index is 2.03. The van der Waals surface area contributed by atoms with Crippen LogP contribution in [0.2, 0.25) is 0 Å². The van der Waals surface area contributed by atoms with Gasteiger partial charge in [-0.1, -0.05) is 12.1 Å². The van der Waals surface area contributed by atoms with Crippen molar-refractivity contribution < 1.29 is 13.9 Å². The lowest BCUT2D eigenvalue weighted by atomic mass is 10.2. The monoisotopic (exact) mass is 350 g/mol. The third-order valence-electron chi connectivity index (χ3n) is 2.64. The van der Waals surface area contributed by atoms with Crippen LogP contribution in [0.5, 0.6) is 5.75 Å². The zero-order valence-corrected chi connectivity index (χ0v) is 12.7. The van der Waals surface area contributed by atoms with Gasteiger partial charge in [-0.3, -0.25) is 4.79 Å². The molecule has 0 bridgehead atoms. The minimum atomic E-state index is -0.369. The number of carbonyl (C=O) groups is 1. The molecule has 0 atom stereocenters. The van der Waals surface area contributed by atoms with Crippen molar-refractivity contribution >= 4 is 28.1 Å². The van der Waals surface area contributed by atoms with E-state index in [1.165, 1.54) is 18.3 Å². The van der Waals surface area contributed by atoms with E-state index in [2.05, 4.69) is 26.5 Å². The molecule has 0 radical (unpaired) electrons. The van der Waals surface area contributed by atoms with Crippen molar-refractivity contribution in [1.82, 2.24) is 5.43 Å². The number of hydrogen-bond acceptors (Lipinski definition) is 3. The molecule has 0 aromatic heterocycles. The summed E-state index contributed by atoms with van der Waals surface area (Å²) in [7, 11) is 1.54. The summed E-state index contributed by atoms with van der Waals surface area (Å²) in [5, 5.41) is 3.79. The fraction of sp³-hybridized carbons (Fsp3) is 0.0667. The van der Waals surface area contributed by atoms with Crippen molar-refractivity contribution in [2.45, 2.75) is 0 Å². The first-order chi connectivity index (χ1) is 10.1. The van der Waals surface area contributed by atoms with E-state index in [9.17, 15) is 9.18 Å². The van der Waals surface area contributed by atoms with E-state index in [1.807, 2.05) is 0 Å². The maximum Gasteiger partial charge on any atom is 0.271 e. The highest BCUT2D eigenvalue weighted by molar-refractivity contribution is 9.10. The van der Waals surface area contributed by atoms with Crippen molar-refractivity contribution in [1.29, 1.82) is 0 Å². The maximum atomic E-state index is 13.0. The van der Waals surface area contributed by atoms with Crippen LogP contribution in [-0.4, -0.2) is 19.2 Å². The minimum Gasteiger partial charge on any atom is -0.496 e. The number of carbonyl (C=O) groups excluding carboxylic acids is 1. The Kier molecular flexibility index (Phi) is 5.05. The predicted molar refractivity (Wildman–Crippen MR) is 82.2 cm³/mol. The van der Waals surface area contributed by atoms with Gasteiger partial charge in [-0.05, 0) is 51.8 Å². The van der Waals surface area contributed by atoms with E-state index >= 15 is 0 Å². The van der Waals surface area contributed by atoms with Gasteiger partial charge in [0.25, 0.3) is 5.91 Å². The fourth-order valence-electron chi connectivity index (χ4n) is 1.62. The molecule has 108 valence electrons. The second-order valence-corrected chi connectivity index (χ2v) is 4.96. The number of rotatable bonds is 4. The highest BCUT2D eigenvalue weighted by Gasteiger charge is 2.07. The number of amides is 1. The summed E-state index contributed by atoms with van der Waals surface area (Å²) in [5.41, 5.74) is 3.37. The molecular weight excluding hydrogens is 339 g/mol. The Morgan fingerprint density at radius 2 is 2.14 bits per heavy atom. The quantitative estimate of drug-likeness (QED) is 0.678. The molecule has 2 rings (SSSR count). The van der Waals surface area contributed by atoms with E-state index in [1.54, 1.807) is 37.4 Å². The van der Waals surface area contributed by atoms with E-state index in [0.29, 0.717) is 21.3 Å². The van der Waals surface area contributed by atoms with Crippen LogP contribution in [0.15, 0.2) is 52.0 Å². The van der Waals surface area contributed by atoms with Gasteiger partial charge in [-0.25, -0.2) is 9.82 Å². The SMILES string of the molecule is COc1ccc(C(=O)NN=Cc2cccc(F)c2)cc1Br. The lowest BCUT2D eigenvalue weighted by Gasteiger charge is -2.05. The first-order valence-corrected chi connectivity index (χ1v) is 6.82. The summed E-state index contributed by atoms with van der Waals surface area (Å²) >= 11 is 3.30. The molecule has 21 heavy (non-hydrogen) atoms. The molecule has 2 aromatic rings. The summed E-state index contributed by atoms with van der Waals surface area (Å²) in [6.07, 6.45) is 1.37. The van der Waals surface area contributed by atoms with Crippen LogP contribution in [0.3, 0.4) is 0 Å². The minimum absolute atomic E-state index is 0.357. The zero-order chi connectivity index (χ0) is 15.2. The topological polar surface area (TPSA) is 50.7 Å². The van der Waals surface area contributed by atoms with E-state index in [0.717, 1.165) is 0 Å². The number of methoxy groups -OCH3 is 1. The van der Waals surface area contributed by atoms with Gasteiger partial charge in [0.05, 0.1) is 17.8 Å². The van der Waals surface area contributed by atoms with Crippen LogP contribution >= 0.6 is 15.9 Å². The third-order valence-corrected chi connectivity index (χ3v) is 3.26. The molecule has 0 aliphatic heterocycles. The molecule has 0 fully saturated rings. The molecule has 4 nitrogen and oxygen atoms in total. The highest BCUT2D eigenvalue weighted by atomic mass is 79.9.